The molecule has 1 aliphatic carbocycles. The van der Waals surface area contributed by atoms with Gasteiger partial charge in [-0.3, -0.25) is 4.79 Å². The van der Waals surface area contributed by atoms with Crippen molar-refractivity contribution >= 4 is 15.7 Å². The van der Waals surface area contributed by atoms with Crippen molar-refractivity contribution in [2.75, 3.05) is 31.8 Å². The van der Waals surface area contributed by atoms with Crippen LogP contribution in [0.3, 0.4) is 0 Å². The van der Waals surface area contributed by atoms with Crippen molar-refractivity contribution in [2.45, 2.75) is 38.0 Å². The van der Waals surface area contributed by atoms with Gasteiger partial charge in [-0.15, -0.1) is 0 Å². The van der Waals surface area contributed by atoms with E-state index in [4.69, 9.17) is 9.47 Å². The highest BCUT2D eigenvalue weighted by Gasteiger charge is 2.45. The molecule has 0 aromatic carbocycles. The lowest BCUT2D eigenvalue weighted by molar-refractivity contribution is -0.148. The normalized spacial score (nSPS) is 31.3. The second kappa shape index (κ2) is 5.76. The van der Waals surface area contributed by atoms with Crippen LogP contribution >= 0.6 is 0 Å². The maximum Gasteiger partial charge on any atom is 0.238 e. The number of morpholine rings is 1. The van der Waals surface area contributed by atoms with Gasteiger partial charge in [0.05, 0.1) is 18.8 Å². The lowest BCUT2D eigenvalue weighted by Crippen LogP contribution is -2.55. The molecule has 6 nitrogen and oxygen atoms in total. The second-order valence-corrected chi connectivity index (χ2v) is 7.27. The number of sulfone groups is 1. The number of carbonyl (C=O) groups is 1. The van der Waals surface area contributed by atoms with Crippen LogP contribution in [-0.4, -0.2) is 69.2 Å². The van der Waals surface area contributed by atoms with E-state index in [1.54, 1.807) is 4.90 Å². The SMILES string of the molecule is CCO[C@@H]1CC[C@@H]2[C@H]1OCCN2C(=O)CS(C)(=O)=O. The largest absolute Gasteiger partial charge is 0.376 e. The third-order valence-electron chi connectivity index (χ3n) is 3.62. The van der Waals surface area contributed by atoms with Crippen molar-refractivity contribution in [3.63, 3.8) is 0 Å². The molecule has 0 unspecified atom stereocenters. The molecule has 3 atom stereocenters. The van der Waals surface area contributed by atoms with E-state index in [9.17, 15) is 13.2 Å². The van der Waals surface area contributed by atoms with Crippen LogP contribution in [0.4, 0.5) is 0 Å². The molecule has 7 heteroatoms. The third kappa shape index (κ3) is 3.46. The van der Waals surface area contributed by atoms with Gasteiger partial charge in [0.2, 0.25) is 5.91 Å². The van der Waals surface area contributed by atoms with E-state index in [1.165, 1.54) is 0 Å². The number of fused-ring (bicyclic) bond motifs is 1. The van der Waals surface area contributed by atoms with Crippen LogP contribution in [0, 0.1) is 0 Å². The monoisotopic (exact) mass is 291 g/mol. The van der Waals surface area contributed by atoms with E-state index >= 15 is 0 Å². The number of rotatable bonds is 4. The standard InChI is InChI=1S/C12H21NO5S/c1-3-17-10-5-4-9-12(10)18-7-6-13(9)11(14)8-19(2,15)16/h9-10,12H,3-8H2,1-2H3/t9-,10-,12-/m1/s1. The Balaban J connectivity index is 2.05. The molecular weight excluding hydrogens is 270 g/mol. The van der Waals surface area contributed by atoms with E-state index in [0.717, 1.165) is 19.1 Å². The molecule has 1 saturated carbocycles. The Morgan fingerprint density at radius 1 is 1.42 bits per heavy atom. The first-order valence-corrected chi connectivity index (χ1v) is 8.69. The van der Waals surface area contributed by atoms with Crippen LogP contribution in [-0.2, 0) is 24.1 Å². The summed E-state index contributed by atoms with van der Waals surface area (Å²) in [5.41, 5.74) is 0. The van der Waals surface area contributed by atoms with Crippen molar-refractivity contribution in [1.82, 2.24) is 4.90 Å². The van der Waals surface area contributed by atoms with E-state index in [2.05, 4.69) is 0 Å². The summed E-state index contributed by atoms with van der Waals surface area (Å²) in [6.07, 6.45) is 2.65. The molecule has 0 bridgehead atoms. The predicted octanol–water partition coefficient (Wildman–Crippen LogP) is -0.174. The van der Waals surface area contributed by atoms with Crippen molar-refractivity contribution < 1.29 is 22.7 Å². The molecule has 2 rings (SSSR count). The molecule has 110 valence electrons. The molecule has 2 aliphatic rings. The summed E-state index contributed by atoms with van der Waals surface area (Å²) in [4.78, 5) is 13.7. The van der Waals surface area contributed by atoms with Crippen LogP contribution in [0.1, 0.15) is 19.8 Å². The Kier molecular flexibility index (Phi) is 4.47. The summed E-state index contributed by atoms with van der Waals surface area (Å²) < 4.78 is 33.8. The zero-order valence-corrected chi connectivity index (χ0v) is 12.2. The lowest BCUT2D eigenvalue weighted by atomic mass is 10.1. The molecule has 1 aliphatic heterocycles. The Morgan fingerprint density at radius 2 is 2.16 bits per heavy atom. The summed E-state index contributed by atoms with van der Waals surface area (Å²) >= 11 is 0. The molecular formula is C12H21NO5S. The number of hydrogen-bond acceptors (Lipinski definition) is 5. The zero-order valence-electron chi connectivity index (χ0n) is 11.4. The Hall–Kier alpha value is -0.660. The average Bonchev–Trinajstić information content (AvgIpc) is 2.71. The Labute approximate surface area is 114 Å². The van der Waals surface area contributed by atoms with Gasteiger partial charge in [-0.05, 0) is 19.8 Å². The molecule has 19 heavy (non-hydrogen) atoms. The maximum atomic E-state index is 12.1. The van der Waals surface area contributed by atoms with E-state index in [-0.39, 0.29) is 24.2 Å². The topological polar surface area (TPSA) is 72.9 Å². The molecule has 0 radical (unpaired) electrons. The molecule has 1 heterocycles. The second-order valence-electron chi connectivity index (χ2n) is 5.13. The van der Waals surface area contributed by atoms with Gasteiger partial charge in [-0.1, -0.05) is 0 Å². The van der Waals surface area contributed by atoms with Crippen molar-refractivity contribution in [3.05, 3.63) is 0 Å². The van der Waals surface area contributed by atoms with Crippen LogP contribution in [0.2, 0.25) is 0 Å². The highest BCUT2D eigenvalue weighted by Crippen LogP contribution is 2.32. The molecule has 0 spiro atoms. The van der Waals surface area contributed by atoms with Crippen LogP contribution in [0.15, 0.2) is 0 Å². The van der Waals surface area contributed by atoms with Crippen molar-refractivity contribution in [1.29, 1.82) is 0 Å². The fraction of sp³-hybridized carbons (Fsp3) is 0.917. The lowest BCUT2D eigenvalue weighted by Gasteiger charge is -2.39. The summed E-state index contributed by atoms with van der Waals surface area (Å²) in [5, 5.41) is 0. The van der Waals surface area contributed by atoms with Gasteiger partial charge < -0.3 is 14.4 Å². The minimum Gasteiger partial charge on any atom is -0.376 e. The molecule has 1 saturated heterocycles. The highest BCUT2D eigenvalue weighted by molar-refractivity contribution is 7.91. The van der Waals surface area contributed by atoms with Crippen LogP contribution < -0.4 is 0 Å². The fourth-order valence-electron chi connectivity index (χ4n) is 2.92. The molecule has 2 fully saturated rings. The van der Waals surface area contributed by atoms with Crippen LogP contribution in [0.5, 0.6) is 0 Å². The first-order chi connectivity index (χ1) is 8.92. The maximum absolute atomic E-state index is 12.1. The molecule has 0 aromatic heterocycles. The minimum atomic E-state index is -3.29. The van der Waals surface area contributed by atoms with E-state index in [0.29, 0.717) is 19.8 Å². The smallest absolute Gasteiger partial charge is 0.238 e. The molecule has 1 amide bonds. The summed E-state index contributed by atoms with van der Waals surface area (Å²) in [6.45, 7) is 3.46. The third-order valence-corrected chi connectivity index (χ3v) is 4.39. The number of nitrogens with zero attached hydrogens (tertiary/aromatic N) is 1. The first kappa shape index (κ1) is 14.7. The molecule has 0 aromatic rings. The van der Waals surface area contributed by atoms with Crippen molar-refractivity contribution in [2.24, 2.45) is 0 Å². The van der Waals surface area contributed by atoms with Gasteiger partial charge in [-0.2, -0.15) is 0 Å². The number of hydrogen-bond donors (Lipinski definition) is 0. The number of carbonyl (C=O) groups excluding carboxylic acids is 1. The van der Waals surface area contributed by atoms with Gasteiger partial charge in [-0.25, -0.2) is 8.42 Å². The Morgan fingerprint density at radius 3 is 2.79 bits per heavy atom. The predicted molar refractivity (Wildman–Crippen MR) is 69.6 cm³/mol. The van der Waals surface area contributed by atoms with Gasteiger partial charge in [0, 0.05) is 19.4 Å². The van der Waals surface area contributed by atoms with Gasteiger partial charge in [0.15, 0.2) is 9.84 Å². The highest BCUT2D eigenvalue weighted by atomic mass is 32.2. The minimum absolute atomic E-state index is 0.0174. The van der Waals surface area contributed by atoms with E-state index < -0.39 is 15.6 Å². The quantitative estimate of drug-likeness (QED) is 0.719. The van der Waals surface area contributed by atoms with Gasteiger partial charge >= 0.3 is 0 Å². The number of amides is 1. The first-order valence-electron chi connectivity index (χ1n) is 6.62. The fourth-order valence-corrected chi connectivity index (χ4v) is 3.54. The number of ether oxygens (including phenoxy) is 2. The zero-order chi connectivity index (χ0) is 14.0. The van der Waals surface area contributed by atoms with Gasteiger partial charge in [0.25, 0.3) is 0 Å². The Bertz CT molecular complexity index is 435. The average molecular weight is 291 g/mol. The summed E-state index contributed by atoms with van der Waals surface area (Å²) in [5.74, 6) is -0.742. The van der Waals surface area contributed by atoms with Gasteiger partial charge in [0.1, 0.15) is 11.9 Å². The van der Waals surface area contributed by atoms with Crippen molar-refractivity contribution in [3.8, 4) is 0 Å². The van der Waals surface area contributed by atoms with E-state index in [1.807, 2.05) is 6.92 Å². The summed E-state index contributed by atoms with van der Waals surface area (Å²) in [7, 11) is -3.29. The molecule has 0 N–H and O–H groups in total. The summed E-state index contributed by atoms with van der Waals surface area (Å²) in [6, 6.07) is -0.0421. The van der Waals surface area contributed by atoms with Crippen LogP contribution in [0.25, 0.3) is 0 Å².